The lowest BCUT2D eigenvalue weighted by Crippen LogP contribution is -2.27. The average molecular weight is 478 g/mol. The van der Waals surface area contributed by atoms with Crippen molar-refractivity contribution in [3.05, 3.63) is 83.2 Å². The van der Waals surface area contributed by atoms with Crippen LogP contribution in [0.1, 0.15) is 29.7 Å². The first-order valence-corrected chi connectivity index (χ1v) is 11.1. The minimum atomic E-state index is -0.495. The number of methoxy groups -OCH3 is 2. The van der Waals surface area contributed by atoms with E-state index in [0.29, 0.717) is 28.3 Å². The number of hydrogen-bond donors (Lipinski definition) is 2. The molecule has 0 aliphatic carbocycles. The summed E-state index contributed by atoms with van der Waals surface area (Å²) in [6, 6.07) is 18.3. The Morgan fingerprint density at radius 1 is 1.06 bits per heavy atom. The number of carbonyl (C=O) groups excluding carboxylic acids is 1. The van der Waals surface area contributed by atoms with Crippen LogP contribution in [0.4, 0.5) is 0 Å². The first-order valence-electron chi connectivity index (χ1n) is 11.1. The van der Waals surface area contributed by atoms with E-state index in [9.17, 15) is 10.1 Å². The summed E-state index contributed by atoms with van der Waals surface area (Å²) in [4.78, 5) is 20.5. The summed E-state index contributed by atoms with van der Waals surface area (Å²) in [6.07, 6.45) is 4.98. The highest BCUT2D eigenvalue weighted by atomic mass is 16.5. The van der Waals surface area contributed by atoms with Crippen LogP contribution in [0.3, 0.4) is 0 Å². The summed E-state index contributed by atoms with van der Waals surface area (Å²) >= 11 is 0. The SMILES string of the molecule is COc1ccc([C@@H](C)NC(=O)/C(C#N)=C/c2c[nH]c3ncc(-c4ccc(C#N)cc4)cc23)cc1OC. The van der Waals surface area contributed by atoms with Crippen LogP contribution in [0.5, 0.6) is 11.5 Å². The lowest BCUT2D eigenvalue weighted by atomic mass is 10.0. The molecule has 0 bridgehead atoms. The number of fused-ring (bicyclic) bond motifs is 1. The van der Waals surface area contributed by atoms with Crippen molar-refractivity contribution in [3.63, 3.8) is 0 Å². The minimum Gasteiger partial charge on any atom is -0.493 e. The number of aromatic amines is 1. The summed E-state index contributed by atoms with van der Waals surface area (Å²) in [5, 5.41) is 22.4. The van der Waals surface area contributed by atoms with Crippen LogP contribution in [0.15, 0.2) is 66.5 Å². The maximum atomic E-state index is 12.9. The number of benzene rings is 2. The molecule has 1 amide bonds. The number of pyridine rings is 1. The Hall–Kier alpha value is -5.08. The van der Waals surface area contributed by atoms with Crippen LogP contribution in [0.25, 0.3) is 28.2 Å². The predicted octanol–water partition coefficient (Wildman–Crippen LogP) is 4.90. The number of nitrogens with one attached hydrogen (secondary N) is 2. The van der Waals surface area contributed by atoms with Gasteiger partial charge in [0.05, 0.1) is 31.9 Å². The molecule has 0 radical (unpaired) electrons. The zero-order valence-electron chi connectivity index (χ0n) is 20.0. The third-order valence-corrected chi connectivity index (χ3v) is 5.83. The van der Waals surface area contributed by atoms with Gasteiger partial charge in [-0.25, -0.2) is 4.98 Å². The smallest absolute Gasteiger partial charge is 0.262 e. The number of H-pyrrole nitrogens is 1. The summed E-state index contributed by atoms with van der Waals surface area (Å²) in [6.45, 7) is 1.83. The molecule has 2 N–H and O–H groups in total. The van der Waals surface area contributed by atoms with E-state index in [4.69, 9.17) is 14.7 Å². The van der Waals surface area contributed by atoms with E-state index in [0.717, 1.165) is 22.1 Å². The molecule has 0 aliphatic rings. The lowest BCUT2D eigenvalue weighted by molar-refractivity contribution is -0.117. The molecule has 4 rings (SSSR count). The number of rotatable bonds is 7. The molecule has 0 unspecified atom stereocenters. The Morgan fingerprint density at radius 2 is 1.81 bits per heavy atom. The van der Waals surface area contributed by atoms with Gasteiger partial charge >= 0.3 is 0 Å². The predicted molar refractivity (Wildman–Crippen MR) is 136 cm³/mol. The minimum absolute atomic E-state index is 0.0352. The lowest BCUT2D eigenvalue weighted by Gasteiger charge is -2.16. The largest absolute Gasteiger partial charge is 0.493 e. The standard InChI is InChI=1S/C28H23N5O3/c1-17(20-8-9-25(35-2)26(12-20)36-3)33-28(34)21(14-30)10-23-16-32-27-24(23)11-22(15-31-27)19-6-4-18(13-29)5-7-19/h4-12,15-17H,1-3H3,(H,31,32)(H,33,34)/b21-10+/t17-/m1/s1. The number of carbonyl (C=O) groups is 1. The van der Waals surface area contributed by atoms with E-state index in [1.165, 1.54) is 0 Å². The molecule has 4 aromatic rings. The van der Waals surface area contributed by atoms with Gasteiger partial charge in [0.15, 0.2) is 11.5 Å². The van der Waals surface area contributed by atoms with Crippen molar-refractivity contribution in [2.24, 2.45) is 0 Å². The van der Waals surface area contributed by atoms with Gasteiger partial charge in [0.2, 0.25) is 0 Å². The van der Waals surface area contributed by atoms with Crippen molar-refractivity contribution < 1.29 is 14.3 Å². The molecule has 8 nitrogen and oxygen atoms in total. The zero-order chi connectivity index (χ0) is 25.7. The van der Waals surface area contributed by atoms with Gasteiger partial charge in [0.25, 0.3) is 5.91 Å². The van der Waals surface area contributed by atoms with E-state index < -0.39 is 5.91 Å². The first-order chi connectivity index (χ1) is 17.5. The molecule has 8 heteroatoms. The molecule has 2 heterocycles. The summed E-state index contributed by atoms with van der Waals surface area (Å²) in [7, 11) is 3.10. The summed E-state index contributed by atoms with van der Waals surface area (Å²) in [5.74, 6) is 0.646. The van der Waals surface area contributed by atoms with Crippen LogP contribution in [-0.2, 0) is 4.79 Å². The van der Waals surface area contributed by atoms with Crippen LogP contribution in [0, 0.1) is 22.7 Å². The molecule has 178 valence electrons. The third-order valence-electron chi connectivity index (χ3n) is 5.83. The second-order valence-corrected chi connectivity index (χ2v) is 8.03. The molecule has 2 aromatic heterocycles. The normalized spacial score (nSPS) is 11.9. The Kier molecular flexibility index (Phi) is 6.99. The maximum absolute atomic E-state index is 12.9. The topological polar surface area (TPSA) is 124 Å². The van der Waals surface area contributed by atoms with Crippen molar-refractivity contribution in [2.45, 2.75) is 13.0 Å². The molecular weight excluding hydrogens is 454 g/mol. The monoisotopic (exact) mass is 477 g/mol. The van der Waals surface area contributed by atoms with Crippen LogP contribution < -0.4 is 14.8 Å². The van der Waals surface area contributed by atoms with Crippen molar-refractivity contribution in [1.82, 2.24) is 15.3 Å². The highest BCUT2D eigenvalue weighted by Crippen LogP contribution is 2.30. The molecule has 36 heavy (non-hydrogen) atoms. The van der Waals surface area contributed by atoms with Crippen LogP contribution >= 0.6 is 0 Å². The van der Waals surface area contributed by atoms with Crippen molar-refractivity contribution in [1.29, 1.82) is 10.5 Å². The van der Waals surface area contributed by atoms with E-state index >= 15 is 0 Å². The van der Waals surface area contributed by atoms with Crippen LogP contribution in [-0.4, -0.2) is 30.1 Å². The second-order valence-electron chi connectivity index (χ2n) is 8.03. The van der Waals surface area contributed by atoms with Gasteiger partial charge in [-0.15, -0.1) is 0 Å². The fourth-order valence-corrected chi connectivity index (χ4v) is 3.82. The number of ether oxygens (including phenoxy) is 2. The van der Waals surface area contributed by atoms with Gasteiger partial charge in [-0.3, -0.25) is 4.79 Å². The van der Waals surface area contributed by atoms with Gasteiger partial charge in [-0.1, -0.05) is 18.2 Å². The molecule has 0 spiro atoms. The van der Waals surface area contributed by atoms with Crippen molar-refractivity contribution in [3.8, 4) is 34.8 Å². The summed E-state index contributed by atoms with van der Waals surface area (Å²) < 4.78 is 10.6. The Balaban J connectivity index is 1.60. The maximum Gasteiger partial charge on any atom is 0.262 e. The van der Waals surface area contributed by atoms with Gasteiger partial charge in [-0.2, -0.15) is 10.5 Å². The fraction of sp³-hybridized carbons (Fsp3) is 0.143. The molecule has 1 atom stereocenters. The molecule has 0 saturated heterocycles. The van der Waals surface area contributed by atoms with Gasteiger partial charge in [0.1, 0.15) is 17.3 Å². The van der Waals surface area contributed by atoms with Gasteiger partial charge in [0, 0.05) is 28.9 Å². The number of nitrogens with zero attached hydrogens (tertiary/aromatic N) is 3. The Bertz CT molecular complexity index is 1540. The first kappa shape index (κ1) is 24.1. The number of amides is 1. The fourth-order valence-electron chi connectivity index (χ4n) is 3.82. The van der Waals surface area contributed by atoms with E-state index in [1.807, 2.05) is 37.3 Å². The number of aromatic nitrogens is 2. The van der Waals surface area contributed by atoms with Crippen LogP contribution in [0.2, 0.25) is 0 Å². The molecule has 0 aliphatic heterocycles. The number of nitriles is 2. The Labute approximate surface area is 208 Å². The third kappa shape index (κ3) is 4.89. The molecule has 0 fully saturated rings. The van der Waals surface area contributed by atoms with E-state index in [1.54, 1.807) is 57.0 Å². The quantitative estimate of drug-likeness (QED) is 0.288. The highest BCUT2D eigenvalue weighted by Gasteiger charge is 2.17. The van der Waals surface area contributed by atoms with Crippen molar-refractivity contribution in [2.75, 3.05) is 14.2 Å². The summed E-state index contributed by atoms with van der Waals surface area (Å²) in [5.41, 5.74) is 4.40. The van der Waals surface area contributed by atoms with E-state index in [-0.39, 0.29) is 11.6 Å². The van der Waals surface area contributed by atoms with Gasteiger partial charge in [-0.05, 0) is 54.5 Å². The molecule has 0 saturated carbocycles. The second kappa shape index (κ2) is 10.5. The van der Waals surface area contributed by atoms with Crippen molar-refractivity contribution >= 4 is 23.0 Å². The highest BCUT2D eigenvalue weighted by molar-refractivity contribution is 6.04. The van der Waals surface area contributed by atoms with Gasteiger partial charge < -0.3 is 19.8 Å². The average Bonchev–Trinajstić information content (AvgIpc) is 3.32. The Morgan fingerprint density at radius 3 is 2.47 bits per heavy atom. The zero-order valence-corrected chi connectivity index (χ0v) is 20.0. The molecule has 2 aromatic carbocycles. The molecular formula is C28H23N5O3. The van der Waals surface area contributed by atoms with E-state index in [2.05, 4.69) is 21.4 Å². The number of hydrogen-bond acceptors (Lipinski definition) is 6.